The molecule has 0 saturated carbocycles. The largest absolute Gasteiger partial charge is 0.408 e. The molecule has 1 unspecified atom stereocenters. The highest BCUT2D eigenvalue weighted by molar-refractivity contribution is 7.12. The topological polar surface area (TPSA) is 12.0 Å². The summed E-state index contributed by atoms with van der Waals surface area (Å²) in [5, 5.41) is 2.31. The van der Waals surface area contributed by atoms with Crippen LogP contribution in [-0.4, -0.2) is 13.2 Å². The molecule has 0 aliphatic heterocycles. The molecule has 0 saturated heterocycles. The number of halogens is 3. The lowest BCUT2D eigenvalue weighted by Gasteiger charge is -2.19. The van der Waals surface area contributed by atoms with Gasteiger partial charge < -0.3 is 5.32 Å². The van der Waals surface area contributed by atoms with E-state index in [2.05, 4.69) is 5.32 Å². The molecule has 0 aliphatic rings. The minimum Gasteiger partial charge on any atom is -0.305 e. The molecule has 0 radical (unpaired) electrons. The summed E-state index contributed by atoms with van der Waals surface area (Å²) in [6.07, 6.45) is -4.24. The molecule has 0 amide bonds. The van der Waals surface area contributed by atoms with Gasteiger partial charge in [0.15, 0.2) is 0 Å². The summed E-state index contributed by atoms with van der Waals surface area (Å²) in [5.74, 6) is 0. The van der Waals surface area contributed by atoms with Crippen molar-refractivity contribution < 1.29 is 13.2 Å². The van der Waals surface area contributed by atoms with Gasteiger partial charge in [0.2, 0.25) is 0 Å². The van der Waals surface area contributed by atoms with E-state index in [4.69, 9.17) is 0 Å². The third-order valence-corrected chi connectivity index (χ3v) is 3.84. The standard InChI is InChI=1S/C11H16F3NS/c1-10(2,3)8-6-5-7(16-8)9(15-4)11(12,13)14/h5-6,9,15H,1-4H3. The van der Waals surface area contributed by atoms with Gasteiger partial charge in [0.25, 0.3) is 0 Å². The van der Waals surface area contributed by atoms with Gasteiger partial charge in [-0.05, 0) is 24.6 Å². The second-order valence-corrected chi connectivity index (χ2v) is 5.83. The molecule has 0 spiro atoms. The second-order valence-electron chi connectivity index (χ2n) is 4.72. The zero-order chi connectivity index (χ0) is 12.6. The predicted molar refractivity (Wildman–Crippen MR) is 60.9 cm³/mol. The molecule has 5 heteroatoms. The molecular weight excluding hydrogens is 235 g/mol. The minimum absolute atomic E-state index is 0.104. The number of rotatable bonds is 2. The highest BCUT2D eigenvalue weighted by Crippen LogP contribution is 2.38. The fourth-order valence-corrected chi connectivity index (χ4v) is 2.58. The first-order chi connectivity index (χ1) is 7.16. The molecule has 0 aliphatic carbocycles. The highest BCUT2D eigenvalue weighted by atomic mass is 32.1. The van der Waals surface area contributed by atoms with Gasteiger partial charge in [-0.2, -0.15) is 13.2 Å². The van der Waals surface area contributed by atoms with Crippen LogP contribution in [0.4, 0.5) is 13.2 Å². The molecule has 1 N–H and O–H groups in total. The van der Waals surface area contributed by atoms with Crippen molar-refractivity contribution in [2.24, 2.45) is 0 Å². The lowest BCUT2D eigenvalue weighted by atomic mass is 9.95. The van der Waals surface area contributed by atoms with E-state index in [1.807, 2.05) is 20.8 Å². The average Bonchev–Trinajstić information content (AvgIpc) is 2.50. The lowest BCUT2D eigenvalue weighted by molar-refractivity contribution is -0.155. The maximum atomic E-state index is 12.7. The van der Waals surface area contributed by atoms with Crippen LogP contribution in [0.5, 0.6) is 0 Å². The number of hydrogen-bond donors (Lipinski definition) is 1. The Morgan fingerprint density at radius 1 is 1.19 bits per heavy atom. The van der Waals surface area contributed by atoms with Crippen LogP contribution >= 0.6 is 11.3 Å². The predicted octanol–water partition coefficient (Wildman–Crippen LogP) is 3.87. The number of nitrogens with one attached hydrogen (secondary N) is 1. The normalized spacial score (nSPS) is 15.2. The monoisotopic (exact) mass is 251 g/mol. The Balaban J connectivity index is 3.01. The molecule has 92 valence electrons. The number of hydrogen-bond acceptors (Lipinski definition) is 2. The summed E-state index contributed by atoms with van der Waals surface area (Å²) in [4.78, 5) is 1.28. The van der Waals surface area contributed by atoms with Crippen molar-refractivity contribution in [2.45, 2.75) is 38.4 Å². The van der Waals surface area contributed by atoms with Gasteiger partial charge in [-0.3, -0.25) is 0 Å². The van der Waals surface area contributed by atoms with Crippen LogP contribution in [0, 0.1) is 0 Å². The van der Waals surface area contributed by atoms with Gasteiger partial charge in [-0.15, -0.1) is 11.3 Å². The minimum atomic E-state index is -4.24. The van der Waals surface area contributed by atoms with Gasteiger partial charge in [0.1, 0.15) is 6.04 Å². The SMILES string of the molecule is CNC(c1ccc(C(C)(C)C)s1)C(F)(F)F. The van der Waals surface area contributed by atoms with E-state index in [1.165, 1.54) is 18.4 Å². The van der Waals surface area contributed by atoms with E-state index in [0.29, 0.717) is 4.88 Å². The summed E-state index contributed by atoms with van der Waals surface area (Å²) in [5.41, 5.74) is -0.104. The molecule has 0 bridgehead atoms. The fourth-order valence-electron chi connectivity index (χ4n) is 1.38. The molecular formula is C11H16F3NS. The molecule has 0 fully saturated rings. The number of thiophene rings is 1. The van der Waals surface area contributed by atoms with Gasteiger partial charge >= 0.3 is 6.18 Å². The quantitative estimate of drug-likeness (QED) is 0.841. The van der Waals surface area contributed by atoms with E-state index in [-0.39, 0.29) is 5.41 Å². The van der Waals surface area contributed by atoms with Crippen molar-refractivity contribution in [1.29, 1.82) is 0 Å². The Morgan fingerprint density at radius 3 is 2.06 bits per heavy atom. The van der Waals surface area contributed by atoms with Gasteiger partial charge in [0.05, 0.1) is 0 Å². The maximum absolute atomic E-state index is 12.7. The Bertz CT molecular complexity index is 349. The first kappa shape index (κ1) is 13.5. The Morgan fingerprint density at radius 2 is 1.75 bits per heavy atom. The Labute approximate surface area is 97.7 Å². The van der Waals surface area contributed by atoms with Crippen molar-refractivity contribution in [3.05, 3.63) is 21.9 Å². The molecule has 0 aromatic carbocycles. The fraction of sp³-hybridized carbons (Fsp3) is 0.636. The van der Waals surface area contributed by atoms with Crippen molar-refractivity contribution in [2.75, 3.05) is 7.05 Å². The Hall–Kier alpha value is -0.550. The van der Waals surface area contributed by atoms with Crippen LogP contribution in [0.25, 0.3) is 0 Å². The van der Waals surface area contributed by atoms with E-state index >= 15 is 0 Å². The molecule has 1 rings (SSSR count). The van der Waals surface area contributed by atoms with Crippen molar-refractivity contribution in [3.8, 4) is 0 Å². The van der Waals surface area contributed by atoms with Gasteiger partial charge in [0, 0.05) is 9.75 Å². The van der Waals surface area contributed by atoms with Gasteiger partial charge in [-0.1, -0.05) is 20.8 Å². The highest BCUT2D eigenvalue weighted by Gasteiger charge is 2.40. The number of alkyl halides is 3. The maximum Gasteiger partial charge on any atom is 0.408 e. The van der Waals surface area contributed by atoms with Crippen molar-refractivity contribution in [1.82, 2.24) is 5.32 Å². The van der Waals surface area contributed by atoms with Crippen LogP contribution in [0.3, 0.4) is 0 Å². The third-order valence-electron chi connectivity index (χ3n) is 2.27. The van der Waals surface area contributed by atoms with Crippen LogP contribution in [-0.2, 0) is 5.41 Å². The van der Waals surface area contributed by atoms with E-state index in [1.54, 1.807) is 12.1 Å². The first-order valence-corrected chi connectivity index (χ1v) is 5.82. The van der Waals surface area contributed by atoms with Crippen LogP contribution in [0.2, 0.25) is 0 Å². The molecule has 1 atom stereocenters. The summed E-state index contributed by atoms with van der Waals surface area (Å²) in [6.45, 7) is 5.97. The molecule has 1 heterocycles. The van der Waals surface area contributed by atoms with Crippen LogP contribution < -0.4 is 5.32 Å². The van der Waals surface area contributed by atoms with E-state index in [9.17, 15) is 13.2 Å². The van der Waals surface area contributed by atoms with E-state index < -0.39 is 12.2 Å². The van der Waals surface area contributed by atoms with Crippen molar-refractivity contribution in [3.63, 3.8) is 0 Å². The second kappa shape index (κ2) is 4.37. The zero-order valence-electron chi connectivity index (χ0n) is 9.77. The third kappa shape index (κ3) is 2.98. The Kier molecular flexibility index (Phi) is 3.69. The summed E-state index contributed by atoms with van der Waals surface area (Å²) < 4.78 is 38.0. The zero-order valence-corrected chi connectivity index (χ0v) is 10.6. The van der Waals surface area contributed by atoms with Crippen molar-refractivity contribution >= 4 is 11.3 Å². The molecule has 16 heavy (non-hydrogen) atoms. The lowest BCUT2D eigenvalue weighted by Crippen LogP contribution is -2.30. The summed E-state index contributed by atoms with van der Waals surface area (Å²) in [7, 11) is 1.33. The summed E-state index contributed by atoms with van der Waals surface area (Å²) >= 11 is 1.22. The first-order valence-electron chi connectivity index (χ1n) is 5.00. The van der Waals surface area contributed by atoms with Crippen LogP contribution in [0.1, 0.15) is 36.6 Å². The summed E-state index contributed by atoms with van der Waals surface area (Å²) in [6, 6.07) is 1.77. The van der Waals surface area contributed by atoms with E-state index in [0.717, 1.165) is 4.88 Å². The smallest absolute Gasteiger partial charge is 0.305 e. The van der Waals surface area contributed by atoms with Crippen LogP contribution in [0.15, 0.2) is 12.1 Å². The molecule has 1 nitrogen and oxygen atoms in total. The molecule has 1 aromatic heterocycles. The average molecular weight is 251 g/mol. The molecule has 1 aromatic rings. The van der Waals surface area contributed by atoms with Gasteiger partial charge in [-0.25, -0.2) is 0 Å².